The first-order valence-electron chi connectivity index (χ1n) is 4.94. The molecule has 18 heavy (non-hydrogen) atoms. The molecule has 1 rings (SSSR count). The summed E-state index contributed by atoms with van der Waals surface area (Å²) in [6.07, 6.45) is 0. The van der Waals surface area contributed by atoms with E-state index in [9.17, 15) is 17.2 Å². The minimum atomic E-state index is -3.63. The Balaban J connectivity index is 3.28. The van der Waals surface area contributed by atoms with Crippen LogP contribution in [0.25, 0.3) is 0 Å². The summed E-state index contributed by atoms with van der Waals surface area (Å²) in [5, 5.41) is 0. The lowest BCUT2D eigenvalue weighted by Gasteiger charge is -2.25. The zero-order valence-corrected chi connectivity index (χ0v) is 12.8. The third-order valence-corrected chi connectivity index (χ3v) is 4.63. The molecule has 8 heteroatoms. The summed E-state index contributed by atoms with van der Waals surface area (Å²) < 4.78 is 52.4. The Morgan fingerprint density at radius 1 is 1.44 bits per heavy atom. The van der Waals surface area contributed by atoms with Gasteiger partial charge in [0.05, 0.1) is 11.3 Å². The topological polar surface area (TPSA) is 72.2 Å². The van der Waals surface area contributed by atoms with Crippen LogP contribution >= 0.6 is 22.6 Å². The van der Waals surface area contributed by atoms with Crippen LogP contribution in [0.4, 0.5) is 8.78 Å². The first-order chi connectivity index (χ1) is 8.09. The quantitative estimate of drug-likeness (QED) is 0.602. The average molecular weight is 390 g/mol. The Morgan fingerprint density at radius 3 is 2.50 bits per heavy atom. The van der Waals surface area contributed by atoms with E-state index in [4.69, 9.17) is 5.73 Å². The second-order valence-corrected chi connectivity index (χ2v) is 7.30. The molecule has 1 atom stereocenters. The van der Waals surface area contributed by atoms with E-state index >= 15 is 0 Å². The molecular formula is C10H13F2IN2O2S. The predicted molar refractivity (Wildman–Crippen MR) is 73.5 cm³/mol. The van der Waals surface area contributed by atoms with E-state index < -0.39 is 32.9 Å². The third-order valence-electron chi connectivity index (χ3n) is 2.41. The Labute approximate surface area is 118 Å². The summed E-state index contributed by atoms with van der Waals surface area (Å²) in [6, 6.07) is 2.35. The monoisotopic (exact) mass is 390 g/mol. The van der Waals surface area contributed by atoms with Crippen LogP contribution in [0.3, 0.4) is 0 Å². The fourth-order valence-electron chi connectivity index (χ4n) is 1.52. The van der Waals surface area contributed by atoms with Gasteiger partial charge in [-0.3, -0.25) is 0 Å². The molecule has 0 unspecified atom stereocenters. The minimum Gasteiger partial charge on any atom is -0.321 e. The molecule has 4 nitrogen and oxygen atoms in total. The largest absolute Gasteiger partial charge is 0.321 e. The predicted octanol–water partition coefficient (Wildman–Crippen LogP) is 1.29. The SMILES string of the molecule is CNS(=O)(=O)C[C@](C)(N)c1cc(I)cc(F)c1F. The van der Waals surface area contributed by atoms with E-state index in [1.807, 2.05) is 22.6 Å². The number of nitrogens with two attached hydrogens (primary N) is 1. The molecular weight excluding hydrogens is 377 g/mol. The van der Waals surface area contributed by atoms with Crippen LogP contribution in [-0.4, -0.2) is 21.2 Å². The van der Waals surface area contributed by atoms with Crippen molar-refractivity contribution in [3.63, 3.8) is 0 Å². The Hall–Kier alpha value is -0.320. The number of benzene rings is 1. The van der Waals surface area contributed by atoms with Crippen molar-refractivity contribution in [2.75, 3.05) is 12.8 Å². The van der Waals surface area contributed by atoms with Crippen LogP contribution in [-0.2, 0) is 15.6 Å². The van der Waals surface area contributed by atoms with Gasteiger partial charge < -0.3 is 5.73 Å². The number of rotatable bonds is 4. The van der Waals surface area contributed by atoms with Crippen molar-refractivity contribution in [3.05, 3.63) is 32.9 Å². The molecule has 0 bridgehead atoms. The maximum Gasteiger partial charge on any atom is 0.213 e. The first-order valence-corrected chi connectivity index (χ1v) is 7.67. The zero-order valence-electron chi connectivity index (χ0n) is 9.80. The number of hydrogen-bond acceptors (Lipinski definition) is 3. The molecule has 0 fully saturated rings. The molecule has 102 valence electrons. The van der Waals surface area contributed by atoms with Crippen LogP contribution < -0.4 is 10.5 Å². The van der Waals surface area contributed by atoms with Crippen molar-refractivity contribution < 1.29 is 17.2 Å². The Morgan fingerprint density at radius 2 is 2.00 bits per heavy atom. The van der Waals surface area contributed by atoms with Crippen molar-refractivity contribution in [2.45, 2.75) is 12.5 Å². The molecule has 1 aromatic carbocycles. The molecule has 0 saturated carbocycles. The first kappa shape index (κ1) is 15.7. The number of nitrogens with one attached hydrogen (secondary N) is 1. The maximum absolute atomic E-state index is 13.7. The molecule has 0 aliphatic rings. The molecule has 0 aliphatic heterocycles. The standard InChI is InChI=1S/C10H13F2IN2O2S/c1-10(14,5-18(16,17)15-2)7-3-6(13)4-8(11)9(7)12/h3-4,15H,5,14H2,1-2H3/t10-/m0/s1. The second-order valence-electron chi connectivity index (χ2n) is 4.13. The van der Waals surface area contributed by atoms with E-state index in [-0.39, 0.29) is 5.56 Å². The lowest BCUT2D eigenvalue weighted by molar-refractivity contribution is 0.451. The van der Waals surface area contributed by atoms with Gasteiger partial charge in [-0.15, -0.1) is 0 Å². The molecule has 0 radical (unpaired) electrons. The average Bonchev–Trinajstić information content (AvgIpc) is 2.21. The number of hydrogen-bond donors (Lipinski definition) is 2. The van der Waals surface area contributed by atoms with E-state index in [0.717, 1.165) is 6.07 Å². The van der Waals surface area contributed by atoms with Gasteiger partial charge in [-0.25, -0.2) is 21.9 Å². The molecule has 0 aliphatic carbocycles. The molecule has 3 N–H and O–H groups in total. The van der Waals surface area contributed by atoms with Crippen molar-refractivity contribution in [1.82, 2.24) is 4.72 Å². The number of sulfonamides is 1. The molecule has 0 saturated heterocycles. The lowest BCUT2D eigenvalue weighted by Crippen LogP contribution is -2.44. The van der Waals surface area contributed by atoms with Crippen molar-refractivity contribution in [2.24, 2.45) is 5.73 Å². The van der Waals surface area contributed by atoms with Gasteiger partial charge in [-0.2, -0.15) is 0 Å². The summed E-state index contributed by atoms with van der Waals surface area (Å²) in [7, 11) is -2.40. The van der Waals surface area contributed by atoms with E-state index in [2.05, 4.69) is 4.72 Å². The Bertz CT molecular complexity index is 561. The molecule has 0 aromatic heterocycles. The molecule has 0 amide bonds. The van der Waals surface area contributed by atoms with Crippen LogP contribution in [0.1, 0.15) is 12.5 Å². The van der Waals surface area contributed by atoms with Gasteiger partial charge in [-0.05, 0) is 48.7 Å². The maximum atomic E-state index is 13.7. The highest BCUT2D eigenvalue weighted by molar-refractivity contribution is 14.1. The smallest absolute Gasteiger partial charge is 0.213 e. The van der Waals surface area contributed by atoms with E-state index in [1.54, 1.807) is 0 Å². The highest BCUT2D eigenvalue weighted by Gasteiger charge is 2.32. The Kier molecular flexibility index (Phi) is 4.68. The fourth-order valence-corrected chi connectivity index (χ4v) is 3.19. The normalized spacial score (nSPS) is 15.4. The van der Waals surface area contributed by atoms with E-state index in [1.165, 1.54) is 20.0 Å². The van der Waals surface area contributed by atoms with Gasteiger partial charge in [0, 0.05) is 9.13 Å². The van der Waals surface area contributed by atoms with Crippen molar-refractivity contribution in [3.8, 4) is 0 Å². The van der Waals surface area contributed by atoms with Gasteiger partial charge in [0.25, 0.3) is 0 Å². The van der Waals surface area contributed by atoms with Gasteiger partial charge in [0.2, 0.25) is 10.0 Å². The van der Waals surface area contributed by atoms with Crippen LogP contribution in [0.15, 0.2) is 12.1 Å². The van der Waals surface area contributed by atoms with Gasteiger partial charge in [0.1, 0.15) is 0 Å². The van der Waals surface area contributed by atoms with Crippen molar-refractivity contribution in [1.29, 1.82) is 0 Å². The van der Waals surface area contributed by atoms with Crippen LogP contribution in [0, 0.1) is 15.2 Å². The summed E-state index contributed by atoms with van der Waals surface area (Å²) in [6.45, 7) is 1.34. The highest BCUT2D eigenvalue weighted by Crippen LogP contribution is 2.26. The van der Waals surface area contributed by atoms with Crippen LogP contribution in [0.5, 0.6) is 0 Å². The highest BCUT2D eigenvalue weighted by atomic mass is 127. The zero-order chi connectivity index (χ0) is 14.1. The lowest BCUT2D eigenvalue weighted by atomic mass is 9.95. The second kappa shape index (κ2) is 5.35. The van der Waals surface area contributed by atoms with Crippen molar-refractivity contribution >= 4 is 32.6 Å². The summed E-state index contributed by atoms with van der Waals surface area (Å²) in [5.41, 5.74) is 4.13. The van der Waals surface area contributed by atoms with Gasteiger partial charge >= 0.3 is 0 Å². The summed E-state index contributed by atoms with van der Waals surface area (Å²) in [4.78, 5) is 0. The summed E-state index contributed by atoms with van der Waals surface area (Å²) >= 11 is 1.81. The molecule has 0 spiro atoms. The summed E-state index contributed by atoms with van der Waals surface area (Å²) in [5.74, 6) is -2.70. The minimum absolute atomic E-state index is 0.161. The fraction of sp³-hybridized carbons (Fsp3) is 0.400. The molecule has 1 aromatic rings. The molecule has 0 heterocycles. The van der Waals surface area contributed by atoms with Crippen LogP contribution in [0.2, 0.25) is 0 Å². The third kappa shape index (κ3) is 3.59. The van der Waals surface area contributed by atoms with Gasteiger partial charge in [0.15, 0.2) is 11.6 Å². The van der Waals surface area contributed by atoms with Gasteiger partial charge in [-0.1, -0.05) is 0 Å². The number of halogens is 3. The van der Waals surface area contributed by atoms with E-state index in [0.29, 0.717) is 3.57 Å².